The summed E-state index contributed by atoms with van der Waals surface area (Å²) in [6, 6.07) is 1.82. The lowest BCUT2D eigenvalue weighted by atomic mass is 10.5. The van der Waals surface area contributed by atoms with E-state index in [0.29, 0.717) is 11.2 Å². The zero-order valence-electron chi connectivity index (χ0n) is 6.90. The third-order valence-corrected chi connectivity index (χ3v) is 3.65. The fraction of sp³-hybridized carbons (Fsp3) is 0.500. The Labute approximate surface area is 72.0 Å². The van der Waals surface area contributed by atoms with Crippen molar-refractivity contribution in [3.8, 4) is 0 Å². The quantitative estimate of drug-likeness (QED) is 0.647. The molecule has 2 rings (SSSR count). The summed E-state index contributed by atoms with van der Waals surface area (Å²) in [4.78, 5) is 8.15. The predicted octanol–water partition coefficient (Wildman–Crippen LogP) is 1.40. The van der Waals surface area contributed by atoms with Crippen LogP contribution < -0.4 is 5.57 Å². The lowest BCUT2D eigenvalue weighted by Gasteiger charge is -1.87. The number of aryl methyl sites for hydroxylation is 1. The van der Waals surface area contributed by atoms with Gasteiger partial charge in [-0.3, -0.25) is 0 Å². The first-order valence-electron chi connectivity index (χ1n) is 4.03. The monoisotopic (exact) mass is 181 g/mol. The molecule has 0 radical (unpaired) electrons. The number of hydrogen-bond donors (Lipinski definition) is 0. The largest absolute Gasteiger partial charge is 0.421 e. The van der Waals surface area contributed by atoms with E-state index in [0.717, 1.165) is 18.5 Å². The minimum Gasteiger partial charge on any atom is -0.194 e. The van der Waals surface area contributed by atoms with Crippen LogP contribution in [0.5, 0.6) is 0 Å². The van der Waals surface area contributed by atoms with Gasteiger partial charge in [-0.15, -0.1) is 0 Å². The van der Waals surface area contributed by atoms with Gasteiger partial charge in [0, 0.05) is 11.9 Å². The second-order valence-electron chi connectivity index (χ2n) is 3.05. The molecular formula is C8H10N2OP+. The van der Waals surface area contributed by atoms with Crippen molar-refractivity contribution in [2.45, 2.75) is 25.4 Å². The molecule has 62 valence electrons. The Kier molecular flexibility index (Phi) is 1.89. The molecule has 1 aromatic rings. The van der Waals surface area contributed by atoms with Gasteiger partial charge < -0.3 is 0 Å². The summed E-state index contributed by atoms with van der Waals surface area (Å²) in [6.45, 7) is 1.89. The standard InChI is InChI=1S/C8H10N2OP/c1-6-4-5-9-8(10-6)12(11)7-2-3-7/h4-5,7H,2-3H2,1H3/q+1. The molecule has 1 aliphatic rings. The van der Waals surface area contributed by atoms with Crippen LogP contribution in [0.15, 0.2) is 12.3 Å². The molecule has 4 heteroatoms. The second-order valence-corrected chi connectivity index (χ2v) is 4.84. The SMILES string of the molecule is Cc1ccnc([P+](=O)C2CC2)n1. The summed E-state index contributed by atoms with van der Waals surface area (Å²) in [5, 5.41) is 0. The molecule has 1 heterocycles. The number of rotatable bonds is 2. The molecule has 0 spiro atoms. The third-order valence-electron chi connectivity index (χ3n) is 1.86. The Morgan fingerprint density at radius 3 is 2.92 bits per heavy atom. The zero-order valence-corrected chi connectivity index (χ0v) is 7.79. The maximum absolute atomic E-state index is 11.6. The number of aromatic nitrogens is 2. The summed E-state index contributed by atoms with van der Waals surface area (Å²) < 4.78 is 11.6. The Morgan fingerprint density at radius 1 is 1.58 bits per heavy atom. The summed E-state index contributed by atoms with van der Waals surface area (Å²) >= 11 is 0. The van der Waals surface area contributed by atoms with Crippen molar-refractivity contribution in [3.05, 3.63) is 18.0 Å². The Bertz CT molecular complexity index is 323. The molecule has 0 saturated heterocycles. The van der Waals surface area contributed by atoms with Gasteiger partial charge in [0.15, 0.2) is 5.66 Å². The van der Waals surface area contributed by atoms with Crippen LogP contribution in [-0.4, -0.2) is 15.6 Å². The maximum atomic E-state index is 11.6. The van der Waals surface area contributed by atoms with Crippen molar-refractivity contribution in [1.82, 2.24) is 9.97 Å². The van der Waals surface area contributed by atoms with Crippen LogP contribution in [0, 0.1) is 6.92 Å². The second kappa shape index (κ2) is 2.91. The highest BCUT2D eigenvalue weighted by Gasteiger charge is 2.44. The van der Waals surface area contributed by atoms with E-state index in [-0.39, 0.29) is 0 Å². The minimum atomic E-state index is -1.31. The van der Waals surface area contributed by atoms with Crippen molar-refractivity contribution >= 4 is 13.4 Å². The smallest absolute Gasteiger partial charge is 0.194 e. The molecule has 0 aliphatic heterocycles. The molecule has 3 nitrogen and oxygen atoms in total. The minimum absolute atomic E-state index is 0.363. The molecule has 0 amide bonds. The van der Waals surface area contributed by atoms with E-state index in [1.807, 2.05) is 13.0 Å². The predicted molar refractivity (Wildman–Crippen MR) is 47.0 cm³/mol. The van der Waals surface area contributed by atoms with Crippen LogP contribution in [0.3, 0.4) is 0 Å². The van der Waals surface area contributed by atoms with Crippen LogP contribution >= 0.6 is 7.80 Å². The topological polar surface area (TPSA) is 42.9 Å². The van der Waals surface area contributed by atoms with Crippen molar-refractivity contribution in [2.75, 3.05) is 0 Å². The van der Waals surface area contributed by atoms with E-state index in [1.54, 1.807) is 6.20 Å². The van der Waals surface area contributed by atoms with Crippen molar-refractivity contribution in [3.63, 3.8) is 0 Å². The van der Waals surface area contributed by atoms with E-state index >= 15 is 0 Å². The van der Waals surface area contributed by atoms with Crippen molar-refractivity contribution in [2.24, 2.45) is 0 Å². The maximum Gasteiger partial charge on any atom is 0.421 e. The molecule has 0 aromatic carbocycles. The fourth-order valence-corrected chi connectivity index (χ4v) is 2.40. The Balaban J connectivity index is 2.26. The highest BCUT2D eigenvalue weighted by Crippen LogP contribution is 2.42. The van der Waals surface area contributed by atoms with Gasteiger partial charge in [-0.1, -0.05) is 4.57 Å². The first kappa shape index (κ1) is 7.81. The molecule has 1 saturated carbocycles. The van der Waals surface area contributed by atoms with Crippen molar-refractivity contribution in [1.29, 1.82) is 0 Å². The molecule has 12 heavy (non-hydrogen) atoms. The average molecular weight is 181 g/mol. The first-order valence-corrected chi connectivity index (χ1v) is 5.36. The van der Waals surface area contributed by atoms with Crippen LogP contribution in [0.25, 0.3) is 0 Å². The molecule has 1 aromatic heterocycles. The molecule has 1 aliphatic carbocycles. The molecular weight excluding hydrogens is 171 g/mol. The van der Waals surface area contributed by atoms with Crippen LogP contribution in [0.4, 0.5) is 0 Å². The van der Waals surface area contributed by atoms with Crippen molar-refractivity contribution < 1.29 is 4.57 Å². The van der Waals surface area contributed by atoms with E-state index < -0.39 is 7.80 Å². The average Bonchev–Trinajstić information content (AvgIpc) is 2.85. The summed E-state index contributed by atoms with van der Waals surface area (Å²) in [5.74, 6) is 0. The Hall–Kier alpha value is -0.820. The van der Waals surface area contributed by atoms with Gasteiger partial charge >= 0.3 is 13.4 Å². The summed E-state index contributed by atoms with van der Waals surface area (Å²) in [7, 11) is -1.31. The molecule has 1 fully saturated rings. The van der Waals surface area contributed by atoms with Gasteiger partial charge in [-0.2, -0.15) is 9.97 Å². The van der Waals surface area contributed by atoms with Gasteiger partial charge in [0.05, 0.1) is 0 Å². The number of nitrogens with zero attached hydrogens (tertiary/aromatic N) is 2. The molecule has 0 N–H and O–H groups in total. The normalized spacial score (nSPS) is 17.6. The van der Waals surface area contributed by atoms with Gasteiger partial charge in [0.1, 0.15) is 0 Å². The van der Waals surface area contributed by atoms with E-state index in [4.69, 9.17) is 0 Å². The fourth-order valence-electron chi connectivity index (χ4n) is 1.01. The first-order chi connectivity index (χ1) is 5.77. The number of hydrogen-bond acceptors (Lipinski definition) is 3. The lowest BCUT2D eigenvalue weighted by molar-refractivity contribution is 0.591. The van der Waals surface area contributed by atoms with Gasteiger partial charge in [-0.25, -0.2) is 0 Å². The van der Waals surface area contributed by atoms with E-state index in [9.17, 15) is 4.57 Å². The van der Waals surface area contributed by atoms with Crippen LogP contribution in [0.1, 0.15) is 18.5 Å². The summed E-state index contributed by atoms with van der Waals surface area (Å²) in [6.07, 6.45) is 3.83. The van der Waals surface area contributed by atoms with E-state index in [2.05, 4.69) is 9.97 Å². The van der Waals surface area contributed by atoms with Gasteiger partial charge in [-0.05, 0) is 25.8 Å². The van der Waals surface area contributed by atoms with E-state index in [1.165, 1.54) is 0 Å². The zero-order chi connectivity index (χ0) is 8.55. The molecule has 1 atom stereocenters. The van der Waals surface area contributed by atoms with Crippen LogP contribution in [-0.2, 0) is 4.57 Å². The van der Waals surface area contributed by atoms with Gasteiger partial charge in [0.25, 0.3) is 0 Å². The molecule has 1 unspecified atom stereocenters. The highest BCUT2D eigenvalue weighted by molar-refractivity contribution is 7.54. The molecule has 0 bridgehead atoms. The summed E-state index contributed by atoms with van der Waals surface area (Å²) in [5.41, 5.74) is 1.79. The van der Waals surface area contributed by atoms with Gasteiger partial charge in [0.2, 0.25) is 0 Å². The Morgan fingerprint density at radius 2 is 2.33 bits per heavy atom. The lowest BCUT2D eigenvalue weighted by Crippen LogP contribution is -2.10. The highest BCUT2D eigenvalue weighted by atomic mass is 31.1. The van der Waals surface area contributed by atoms with Crippen LogP contribution in [0.2, 0.25) is 0 Å². The third kappa shape index (κ3) is 1.51.